The molecule has 0 aliphatic heterocycles. The van der Waals surface area contributed by atoms with E-state index in [1.165, 1.54) is 37.7 Å². The van der Waals surface area contributed by atoms with E-state index >= 15 is 0 Å². The average Bonchev–Trinajstić information content (AvgIpc) is 2.97. The van der Waals surface area contributed by atoms with Gasteiger partial charge in [-0.3, -0.25) is 4.79 Å². The number of nitrogens with zero attached hydrogens (tertiary/aromatic N) is 2. The summed E-state index contributed by atoms with van der Waals surface area (Å²) < 4.78 is 26.2. The first kappa shape index (κ1) is 17.7. The van der Waals surface area contributed by atoms with Gasteiger partial charge in [-0.05, 0) is 30.3 Å². The van der Waals surface area contributed by atoms with Crippen molar-refractivity contribution in [3.05, 3.63) is 52.6 Å². The molecule has 0 aliphatic carbocycles. The average molecular weight is 370 g/mol. The number of thiazole rings is 1. The number of hydrogen-bond donors (Lipinski definition) is 0. The van der Waals surface area contributed by atoms with Gasteiger partial charge in [-0.1, -0.05) is 17.3 Å². The van der Waals surface area contributed by atoms with Crippen LogP contribution in [0.5, 0.6) is 11.5 Å². The number of carbonyl (C=O) groups excluding carboxylic acids is 1. The van der Waals surface area contributed by atoms with Gasteiger partial charge in [0.15, 0.2) is 4.80 Å². The number of carbonyl (C=O) groups is 1. The Morgan fingerprint density at radius 3 is 2.54 bits per heavy atom. The maximum absolute atomic E-state index is 13.5. The minimum absolute atomic E-state index is 0.221. The van der Waals surface area contributed by atoms with Gasteiger partial charge in [0, 0.05) is 11.6 Å². The number of aromatic nitrogens is 1. The predicted octanol–water partition coefficient (Wildman–Crippen LogP) is 3.23. The van der Waals surface area contributed by atoms with Crippen LogP contribution in [0.15, 0.2) is 41.4 Å². The first-order chi connectivity index (χ1) is 12.5. The zero-order valence-corrected chi connectivity index (χ0v) is 15.0. The molecule has 132 valence electrons. The first-order valence-electron chi connectivity index (χ1n) is 7.60. The number of fused-ring (bicyclic) bond motifs is 1. The van der Waals surface area contributed by atoms with E-state index in [1.807, 2.05) is 0 Å². The van der Waals surface area contributed by atoms with E-state index < -0.39 is 5.91 Å². The topological polar surface area (TPSA) is 52.8 Å². The number of methoxy groups -OCH3 is 2. The molecule has 2 aromatic carbocycles. The summed E-state index contributed by atoms with van der Waals surface area (Å²) in [5.74, 6) is 2.67. The molecule has 0 saturated heterocycles. The zero-order valence-electron chi connectivity index (χ0n) is 14.2. The Hall–Kier alpha value is -3.11. The Morgan fingerprint density at radius 1 is 1.23 bits per heavy atom. The fraction of sp³-hybridized carbons (Fsp3) is 0.158. The maximum atomic E-state index is 13.5. The second kappa shape index (κ2) is 7.42. The maximum Gasteiger partial charge on any atom is 0.279 e. The molecular weight excluding hydrogens is 355 g/mol. The van der Waals surface area contributed by atoms with Crippen LogP contribution >= 0.6 is 11.3 Å². The lowest BCUT2D eigenvalue weighted by Crippen LogP contribution is -2.16. The summed E-state index contributed by atoms with van der Waals surface area (Å²) in [5, 5.41) is 0. The molecule has 1 amide bonds. The molecule has 1 aromatic heterocycles. The van der Waals surface area contributed by atoms with Crippen LogP contribution in [0.3, 0.4) is 0 Å². The van der Waals surface area contributed by atoms with E-state index in [9.17, 15) is 9.18 Å². The second-order valence-electron chi connectivity index (χ2n) is 5.31. The standard InChI is InChI=1S/C19H15FN2O3S/c1-4-7-22-16-6-5-13(20)10-17(16)26-19(22)21-18(23)12-8-14(24-2)11-15(9-12)25-3/h1,5-6,8-11H,7H2,2-3H3. The lowest BCUT2D eigenvalue weighted by atomic mass is 10.2. The van der Waals surface area contributed by atoms with Gasteiger partial charge in [-0.2, -0.15) is 4.99 Å². The lowest BCUT2D eigenvalue weighted by molar-refractivity contribution is 0.0997. The summed E-state index contributed by atoms with van der Waals surface area (Å²) in [7, 11) is 3.00. The van der Waals surface area contributed by atoms with Crippen molar-refractivity contribution in [2.24, 2.45) is 4.99 Å². The van der Waals surface area contributed by atoms with Gasteiger partial charge >= 0.3 is 0 Å². The smallest absolute Gasteiger partial charge is 0.279 e. The number of halogens is 1. The van der Waals surface area contributed by atoms with Gasteiger partial charge in [-0.15, -0.1) is 6.42 Å². The highest BCUT2D eigenvalue weighted by Gasteiger charge is 2.12. The Kier molecular flexibility index (Phi) is 5.05. The molecule has 3 aromatic rings. The molecule has 0 unspecified atom stereocenters. The Bertz CT molecular complexity index is 1070. The number of rotatable bonds is 4. The first-order valence-corrected chi connectivity index (χ1v) is 8.42. The summed E-state index contributed by atoms with van der Waals surface area (Å²) in [4.78, 5) is 17.2. The number of benzene rings is 2. The minimum atomic E-state index is -0.472. The van der Waals surface area contributed by atoms with Crippen molar-refractivity contribution in [2.75, 3.05) is 14.2 Å². The fourth-order valence-corrected chi connectivity index (χ4v) is 3.51. The zero-order chi connectivity index (χ0) is 18.7. The highest BCUT2D eigenvalue weighted by Crippen LogP contribution is 2.23. The molecule has 7 heteroatoms. The van der Waals surface area contributed by atoms with E-state index in [1.54, 1.807) is 28.8 Å². The molecule has 0 spiro atoms. The molecule has 0 bridgehead atoms. The molecule has 0 radical (unpaired) electrons. The van der Waals surface area contributed by atoms with Crippen molar-refractivity contribution in [3.8, 4) is 23.8 Å². The SMILES string of the molecule is C#CCn1c(=NC(=O)c2cc(OC)cc(OC)c2)sc2cc(F)ccc21. The highest BCUT2D eigenvalue weighted by molar-refractivity contribution is 7.16. The van der Waals surface area contributed by atoms with Crippen molar-refractivity contribution in [3.63, 3.8) is 0 Å². The lowest BCUT2D eigenvalue weighted by Gasteiger charge is -2.06. The Balaban J connectivity index is 2.14. The summed E-state index contributed by atoms with van der Waals surface area (Å²) >= 11 is 1.20. The van der Waals surface area contributed by atoms with Gasteiger partial charge < -0.3 is 14.0 Å². The van der Waals surface area contributed by atoms with Gasteiger partial charge in [0.25, 0.3) is 5.91 Å². The van der Waals surface area contributed by atoms with Crippen LogP contribution in [0.25, 0.3) is 10.2 Å². The summed E-state index contributed by atoms with van der Waals surface area (Å²) in [5.41, 5.74) is 1.04. The minimum Gasteiger partial charge on any atom is -0.497 e. The quantitative estimate of drug-likeness (QED) is 0.663. The summed E-state index contributed by atoms with van der Waals surface area (Å²) in [6, 6.07) is 9.18. The largest absolute Gasteiger partial charge is 0.497 e. The third-order valence-electron chi connectivity index (χ3n) is 3.69. The molecule has 0 saturated carbocycles. The fourth-order valence-electron chi connectivity index (χ4n) is 2.46. The highest BCUT2D eigenvalue weighted by atomic mass is 32.1. The van der Waals surface area contributed by atoms with Crippen LogP contribution in [0.2, 0.25) is 0 Å². The van der Waals surface area contributed by atoms with Crippen LogP contribution in [0, 0.1) is 18.2 Å². The Labute approximate surface area is 153 Å². The number of ether oxygens (including phenoxy) is 2. The molecule has 0 fully saturated rings. The number of hydrogen-bond acceptors (Lipinski definition) is 4. The second-order valence-corrected chi connectivity index (χ2v) is 6.31. The summed E-state index contributed by atoms with van der Waals surface area (Å²) in [6.07, 6.45) is 5.43. The third-order valence-corrected chi connectivity index (χ3v) is 4.73. The van der Waals surface area contributed by atoms with Crippen LogP contribution in [0.4, 0.5) is 4.39 Å². The molecule has 1 heterocycles. The molecule has 0 atom stereocenters. The molecule has 5 nitrogen and oxygen atoms in total. The Morgan fingerprint density at radius 2 is 1.92 bits per heavy atom. The van der Waals surface area contributed by atoms with Crippen molar-refractivity contribution in [2.45, 2.75) is 6.54 Å². The number of terminal acetylenes is 1. The molecular formula is C19H15FN2O3S. The molecule has 3 rings (SSSR count). The van der Waals surface area contributed by atoms with Crippen molar-refractivity contribution in [1.82, 2.24) is 4.57 Å². The van der Waals surface area contributed by atoms with Gasteiger partial charge in [0.1, 0.15) is 17.3 Å². The third kappa shape index (κ3) is 3.46. The molecule has 26 heavy (non-hydrogen) atoms. The van der Waals surface area contributed by atoms with Crippen molar-refractivity contribution < 1.29 is 18.7 Å². The van der Waals surface area contributed by atoms with E-state index in [4.69, 9.17) is 15.9 Å². The van der Waals surface area contributed by atoms with E-state index in [0.717, 1.165) is 5.52 Å². The predicted molar refractivity (Wildman–Crippen MR) is 98.0 cm³/mol. The van der Waals surface area contributed by atoms with Crippen LogP contribution in [-0.4, -0.2) is 24.7 Å². The van der Waals surface area contributed by atoms with Crippen molar-refractivity contribution >= 4 is 27.5 Å². The summed E-state index contributed by atoms with van der Waals surface area (Å²) in [6.45, 7) is 0.221. The van der Waals surface area contributed by atoms with Crippen LogP contribution in [-0.2, 0) is 6.54 Å². The normalized spacial score (nSPS) is 11.4. The molecule has 0 aliphatic rings. The van der Waals surface area contributed by atoms with Gasteiger partial charge in [0.05, 0.1) is 31.0 Å². The van der Waals surface area contributed by atoms with Gasteiger partial charge in [-0.25, -0.2) is 4.39 Å². The van der Waals surface area contributed by atoms with Crippen molar-refractivity contribution in [1.29, 1.82) is 0 Å². The van der Waals surface area contributed by atoms with E-state index in [2.05, 4.69) is 10.9 Å². The molecule has 0 N–H and O–H groups in total. The van der Waals surface area contributed by atoms with Gasteiger partial charge in [0.2, 0.25) is 0 Å². The monoisotopic (exact) mass is 370 g/mol. The van der Waals surface area contributed by atoms with E-state index in [0.29, 0.717) is 26.6 Å². The van der Waals surface area contributed by atoms with Crippen LogP contribution < -0.4 is 14.3 Å². The number of amides is 1. The van der Waals surface area contributed by atoms with Crippen LogP contribution in [0.1, 0.15) is 10.4 Å². The van der Waals surface area contributed by atoms with E-state index in [-0.39, 0.29) is 12.4 Å².